The van der Waals surface area contributed by atoms with Crippen molar-refractivity contribution in [1.82, 2.24) is 4.90 Å². The quantitative estimate of drug-likeness (QED) is 0.620. The van der Waals surface area contributed by atoms with Gasteiger partial charge in [-0.05, 0) is 12.3 Å². The molecule has 0 aromatic heterocycles. The Balaban J connectivity index is 2.24. The molecule has 0 spiro atoms. The molecular weight excluding hydrogens is 238 g/mol. The fourth-order valence-corrected chi connectivity index (χ4v) is 3.27. The molecule has 1 aliphatic rings. The molecule has 0 aromatic rings. The lowest BCUT2D eigenvalue weighted by Crippen LogP contribution is -2.51. The molecule has 1 atom stereocenters. The molecule has 0 saturated carbocycles. The fourth-order valence-electron chi connectivity index (χ4n) is 3.27. The summed E-state index contributed by atoms with van der Waals surface area (Å²) in [5.41, 5.74) is 0. The number of rotatable bonds is 10. The third-order valence-corrected chi connectivity index (χ3v) is 4.28. The molecule has 1 saturated heterocycles. The predicted molar refractivity (Wildman–Crippen MR) is 80.7 cm³/mol. The summed E-state index contributed by atoms with van der Waals surface area (Å²) in [6.07, 6.45) is 9.29. The molecule has 1 aliphatic heterocycles. The van der Waals surface area contributed by atoms with Crippen LogP contribution in [0.1, 0.15) is 58.8 Å². The Morgan fingerprint density at radius 1 is 1.21 bits per heavy atom. The third-order valence-electron chi connectivity index (χ3n) is 4.28. The molecule has 1 N–H and O–H groups in total. The maximum absolute atomic E-state index is 9.11. The Kier molecular flexibility index (Phi) is 9.48. The molecular formula is C16H33NO2+. The molecule has 113 valence electrons. The van der Waals surface area contributed by atoms with Crippen molar-refractivity contribution in [2.24, 2.45) is 5.92 Å². The van der Waals surface area contributed by atoms with Crippen molar-refractivity contribution in [2.45, 2.75) is 64.8 Å². The van der Waals surface area contributed by atoms with Crippen LogP contribution in [0.25, 0.3) is 0 Å². The molecule has 1 rings (SSSR count). The zero-order chi connectivity index (χ0) is 13.9. The molecule has 0 amide bonds. The van der Waals surface area contributed by atoms with Crippen molar-refractivity contribution in [3.05, 3.63) is 0 Å². The Morgan fingerprint density at radius 2 is 1.95 bits per heavy atom. The third kappa shape index (κ3) is 6.73. The van der Waals surface area contributed by atoms with Crippen LogP contribution < -0.4 is 4.90 Å². The first-order valence-corrected chi connectivity index (χ1v) is 8.24. The highest BCUT2D eigenvalue weighted by Crippen LogP contribution is 2.21. The van der Waals surface area contributed by atoms with Gasteiger partial charge < -0.3 is 9.84 Å². The summed E-state index contributed by atoms with van der Waals surface area (Å²) < 4.78 is 5.59. The average Bonchev–Trinajstić information content (AvgIpc) is 2.41. The second-order valence-corrected chi connectivity index (χ2v) is 5.86. The van der Waals surface area contributed by atoms with E-state index in [0.717, 1.165) is 32.2 Å². The van der Waals surface area contributed by atoms with Gasteiger partial charge in [0, 0.05) is 6.42 Å². The highest BCUT2D eigenvalue weighted by molar-refractivity contribution is 4.80. The number of β-amino-alcohol motifs (C(OH)–C–C–N with tert-alkyl or cyclic N) is 1. The number of aliphatic hydroxyl groups excluding tert-OH is 1. The molecule has 1 unspecified atom stereocenters. The largest absolute Gasteiger partial charge is 0.390 e. The van der Waals surface area contributed by atoms with Crippen molar-refractivity contribution in [3.63, 3.8) is 0 Å². The van der Waals surface area contributed by atoms with E-state index in [0.29, 0.717) is 6.04 Å². The Hall–Kier alpha value is -0.120. The number of aliphatic hydroxyl groups is 1. The van der Waals surface area contributed by atoms with Gasteiger partial charge in [0.05, 0.1) is 6.61 Å². The van der Waals surface area contributed by atoms with E-state index in [2.05, 4.69) is 18.7 Å². The summed E-state index contributed by atoms with van der Waals surface area (Å²) in [7, 11) is 0. The van der Waals surface area contributed by atoms with Crippen LogP contribution in [0, 0.1) is 5.92 Å². The highest BCUT2D eigenvalue weighted by Gasteiger charge is 2.30. The summed E-state index contributed by atoms with van der Waals surface area (Å²) in [5, 5.41) is 9.11. The molecule has 0 bridgehead atoms. The van der Waals surface area contributed by atoms with Crippen molar-refractivity contribution in [2.75, 3.05) is 32.9 Å². The minimum Gasteiger partial charge on any atom is -0.390 e. The SMILES string of the molecule is CCCC(CCC)CCCC1COCC[N+]1CCO. The summed E-state index contributed by atoms with van der Waals surface area (Å²) in [6.45, 7) is 8.32. The number of ether oxygens (including phenoxy) is 1. The topological polar surface area (TPSA) is 35.4 Å². The predicted octanol–water partition coefficient (Wildman–Crippen LogP) is 2.90. The lowest BCUT2D eigenvalue weighted by atomic mass is 9.91. The van der Waals surface area contributed by atoms with Crippen LogP contribution in [0.4, 0.5) is 0 Å². The van der Waals surface area contributed by atoms with Crippen LogP contribution in [-0.2, 0) is 4.74 Å². The van der Waals surface area contributed by atoms with Crippen LogP contribution in [0.2, 0.25) is 0 Å². The van der Waals surface area contributed by atoms with Crippen LogP contribution in [0.15, 0.2) is 0 Å². The van der Waals surface area contributed by atoms with Gasteiger partial charge in [0.25, 0.3) is 0 Å². The second-order valence-electron chi connectivity index (χ2n) is 5.86. The zero-order valence-corrected chi connectivity index (χ0v) is 12.9. The van der Waals surface area contributed by atoms with Crippen LogP contribution in [0.3, 0.4) is 0 Å². The van der Waals surface area contributed by atoms with E-state index < -0.39 is 0 Å². The van der Waals surface area contributed by atoms with Gasteiger partial charge in [0.15, 0.2) is 6.04 Å². The fraction of sp³-hybridized carbons (Fsp3) is 1.00. The molecule has 1 heterocycles. The van der Waals surface area contributed by atoms with Crippen molar-refractivity contribution in [3.8, 4) is 0 Å². The average molecular weight is 271 g/mol. The summed E-state index contributed by atoms with van der Waals surface area (Å²) in [6, 6.07) is 0.532. The maximum atomic E-state index is 9.11. The number of nitrogens with zero attached hydrogens (tertiary/aromatic N) is 1. The standard InChI is InChI=1S/C16H33NO2/c1-3-6-15(7-4-2)8-5-9-16-14-19-13-11-17(16)10-12-18/h15-16,18H,3-14H2,1-2H3/q+1. The number of hydrogen-bond donors (Lipinski definition) is 1. The van der Waals surface area contributed by atoms with Gasteiger partial charge in [0.1, 0.15) is 26.3 Å². The molecule has 1 radical (unpaired) electrons. The van der Waals surface area contributed by atoms with E-state index in [1.54, 1.807) is 0 Å². The first-order chi connectivity index (χ1) is 9.31. The minimum atomic E-state index is 0.269. The Bertz CT molecular complexity index is 203. The van der Waals surface area contributed by atoms with E-state index in [-0.39, 0.29) is 6.61 Å². The van der Waals surface area contributed by atoms with Crippen molar-refractivity contribution in [1.29, 1.82) is 0 Å². The van der Waals surface area contributed by atoms with Crippen LogP contribution in [-0.4, -0.2) is 44.1 Å². The molecule has 19 heavy (non-hydrogen) atoms. The van der Waals surface area contributed by atoms with Gasteiger partial charge in [-0.1, -0.05) is 46.0 Å². The zero-order valence-electron chi connectivity index (χ0n) is 12.9. The molecule has 3 nitrogen and oxygen atoms in total. The second kappa shape index (κ2) is 10.6. The van der Waals surface area contributed by atoms with Crippen LogP contribution >= 0.6 is 0 Å². The lowest BCUT2D eigenvalue weighted by Gasteiger charge is -2.26. The summed E-state index contributed by atoms with van der Waals surface area (Å²) in [5.74, 6) is 0.922. The van der Waals surface area contributed by atoms with Gasteiger partial charge in [-0.3, -0.25) is 0 Å². The summed E-state index contributed by atoms with van der Waals surface area (Å²) in [4.78, 5) is 2.40. The Morgan fingerprint density at radius 3 is 2.58 bits per heavy atom. The lowest BCUT2D eigenvalue weighted by molar-refractivity contribution is 0.0268. The smallest absolute Gasteiger partial charge is 0.156 e. The first kappa shape index (κ1) is 16.9. The van der Waals surface area contributed by atoms with Gasteiger partial charge in [-0.15, -0.1) is 0 Å². The highest BCUT2D eigenvalue weighted by atomic mass is 16.5. The first-order valence-electron chi connectivity index (χ1n) is 8.24. The molecule has 0 aromatic carbocycles. The van der Waals surface area contributed by atoms with Gasteiger partial charge in [0.2, 0.25) is 0 Å². The number of morpholine rings is 1. The van der Waals surface area contributed by atoms with Gasteiger partial charge >= 0.3 is 0 Å². The monoisotopic (exact) mass is 271 g/mol. The van der Waals surface area contributed by atoms with Gasteiger partial charge in [-0.25, -0.2) is 0 Å². The molecule has 1 fully saturated rings. The maximum Gasteiger partial charge on any atom is 0.156 e. The minimum absolute atomic E-state index is 0.269. The van der Waals surface area contributed by atoms with E-state index >= 15 is 0 Å². The van der Waals surface area contributed by atoms with Crippen LogP contribution in [0.5, 0.6) is 0 Å². The molecule has 3 heteroatoms. The van der Waals surface area contributed by atoms with E-state index in [4.69, 9.17) is 9.84 Å². The van der Waals surface area contributed by atoms with E-state index in [9.17, 15) is 0 Å². The van der Waals surface area contributed by atoms with Crippen molar-refractivity contribution >= 4 is 0 Å². The van der Waals surface area contributed by atoms with Gasteiger partial charge in [-0.2, -0.15) is 4.90 Å². The summed E-state index contributed by atoms with van der Waals surface area (Å²) >= 11 is 0. The number of hydrogen-bond acceptors (Lipinski definition) is 3. The van der Waals surface area contributed by atoms with Crippen molar-refractivity contribution < 1.29 is 9.84 Å². The normalized spacial score (nSPS) is 21.2. The Labute approximate surface area is 119 Å². The van der Waals surface area contributed by atoms with E-state index in [1.807, 2.05) is 0 Å². The van der Waals surface area contributed by atoms with E-state index in [1.165, 1.54) is 44.9 Å². The molecule has 0 aliphatic carbocycles.